The topological polar surface area (TPSA) is 69.9 Å². The molecule has 10 heavy (non-hydrogen) atoms. The van der Waals surface area contributed by atoms with Gasteiger partial charge in [0.2, 0.25) is 0 Å². The molecule has 0 aromatic rings. The van der Waals surface area contributed by atoms with Gasteiger partial charge in [-0.3, -0.25) is 0 Å². The molecule has 1 rings (SSSR count). The predicted octanol–water partition coefficient (Wildman–Crippen LogP) is -1.31. The van der Waals surface area contributed by atoms with Gasteiger partial charge >= 0.3 is 0 Å². The maximum absolute atomic E-state index is 9.13. The number of ether oxygens (including phenoxy) is 1. The second kappa shape index (κ2) is 2.84. The molecule has 4 nitrogen and oxygen atoms in total. The first-order valence-corrected chi connectivity index (χ1v) is 3.28. The molecule has 0 bridgehead atoms. The summed E-state index contributed by atoms with van der Waals surface area (Å²) in [6, 6.07) is 0. The van der Waals surface area contributed by atoms with Crippen LogP contribution in [0.1, 0.15) is 6.92 Å². The van der Waals surface area contributed by atoms with E-state index in [1.54, 1.807) is 6.92 Å². The van der Waals surface area contributed by atoms with E-state index in [0.717, 1.165) is 0 Å². The van der Waals surface area contributed by atoms with Gasteiger partial charge in [0.15, 0.2) is 6.29 Å². The van der Waals surface area contributed by atoms with Crippen molar-refractivity contribution in [3.63, 3.8) is 0 Å². The smallest absolute Gasteiger partial charge is 0.183 e. The summed E-state index contributed by atoms with van der Waals surface area (Å²) in [6.07, 6.45) is -3.27. The summed E-state index contributed by atoms with van der Waals surface area (Å²) in [5, 5.41) is 27.0. The van der Waals surface area contributed by atoms with Gasteiger partial charge in [-0.25, -0.2) is 0 Å². The first-order chi connectivity index (χ1) is 4.63. The van der Waals surface area contributed by atoms with E-state index in [1.807, 2.05) is 0 Å². The van der Waals surface area contributed by atoms with E-state index in [9.17, 15) is 0 Å². The van der Waals surface area contributed by atoms with Crippen LogP contribution < -0.4 is 0 Å². The van der Waals surface area contributed by atoms with E-state index in [0.29, 0.717) is 6.61 Å². The first-order valence-electron chi connectivity index (χ1n) is 3.28. The highest BCUT2D eigenvalue weighted by molar-refractivity contribution is 4.79. The molecule has 0 saturated carbocycles. The molecule has 0 radical (unpaired) electrons. The van der Waals surface area contributed by atoms with Gasteiger partial charge < -0.3 is 20.1 Å². The van der Waals surface area contributed by atoms with Crippen LogP contribution >= 0.6 is 0 Å². The Labute approximate surface area is 59.1 Å². The molecule has 4 heteroatoms. The van der Waals surface area contributed by atoms with Crippen molar-refractivity contribution in [1.82, 2.24) is 0 Å². The zero-order chi connectivity index (χ0) is 7.72. The van der Waals surface area contributed by atoms with E-state index in [-0.39, 0.29) is 5.92 Å². The normalized spacial score (nSPS) is 49.2. The molecule has 1 heterocycles. The second-order valence-corrected chi connectivity index (χ2v) is 2.68. The molecular weight excluding hydrogens is 136 g/mol. The van der Waals surface area contributed by atoms with Crippen LogP contribution in [0.15, 0.2) is 0 Å². The Bertz CT molecular complexity index is 102. The fourth-order valence-corrected chi connectivity index (χ4v) is 0.953. The molecule has 1 saturated heterocycles. The average molecular weight is 148 g/mol. The Morgan fingerprint density at radius 2 is 1.80 bits per heavy atom. The van der Waals surface area contributed by atoms with E-state index < -0.39 is 18.5 Å². The summed E-state index contributed by atoms with van der Waals surface area (Å²) in [5.41, 5.74) is 0. The standard InChI is InChI=1S/C6H12O4/c1-3-2-10-6(9)5(8)4(3)7/h3-9H,2H2,1H3/t3-,4-,5?,6-/m1/s1. The number of aliphatic hydroxyl groups excluding tert-OH is 3. The molecular formula is C6H12O4. The van der Waals surface area contributed by atoms with Gasteiger partial charge in [-0.1, -0.05) is 6.92 Å². The quantitative estimate of drug-likeness (QED) is 0.399. The largest absolute Gasteiger partial charge is 0.390 e. The van der Waals surface area contributed by atoms with Crippen molar-refractivity contribution in [2.45, 2.75) is 25.4 Å². The highest BCUT2D eigenvalue weighted by Crippen LogP contribution is 2.17. The molecule has 0 aromatic heterocycles. The number of aliphatic hydroxyl groups is 3. The maximum Gasteiger partial charge on any atom is 0.183 e. The lowest BCUT2D eigenvalue weighted by Gasteiger charge is -2.32. The Balaban J connectivity index is 2.52. The lowest BCUT2D eigenvalue weighted by molar-refractivity contribution is -0.236. The van der Waals surface area contributed by atoms with Gasteiger partial charge in [0, 0.05) is 5.92 Å². The molecule has 1 aliphatic heterocycles. The van der Waals surface area contributed by atoms with Crippen molar-refractivity contribution < 1.29 is 20.1 Å². The third-order valence-corrected chi connectivity index (χ3v) is 1.75. The van der Waals surface area contributed by atoms with Crippen LogP contribution in [0.25, 0.3) is 0 Å². The zero-order valence-corrected chi connectivity index (χ0v) is 5.77. The molecule has 1 unspecified atom stereocenters. The van der Waals surface area contributed by atoms with Crippen molar-refractivity contribution in [2.75, 3.05) is 6.61 Å². The highest BCUT2D eigenvalue weighted by atomic mass is 16.6. The molecule has 1 aliphatic rings. The van der Waals surface area contributed by atoms with Crippen molar-refractivity contribution >= 4 is 0 Å². The van der Waals surface area contributed by atoms with Crippen LogP contribution in [0.5, 0.6) is 0 Å². The van der Waals surface area contributed by atoms with Crippen LogP contribution in [-0.4, -0.2) is 40.4 Å². The number of rotatable bonds is 0. The maximum atomic E-state index is 9.13. The predicted molar refractivity (Wildman–Crippen MR) is 33.1 cm³/mol. The minimum absolute atomic E-state index is 0.113. The third kappa shape index (κ3) is 1.29. The Morgan fingerprint density at radius 3 is 2.30 bits per heavy atom. The zero-order valence-electron chi connectivity index (χ0n) is 5.77. The molecule has 60 valence electrons. The summed E-state index contributed by atoms with van der Waals surface area (Å²) in [6.45, 7) is 2.04. The summed E-state index contributed by atoms with van der Waals surface area (Å²) in [5.74, 6) is -0.113. The van der Waals surface area contributed by atoms with Crippen molar-refractivity contribution in [3.05, 3.63) is 0 Å². The first kappa shape index (κ1) is 7.94. The molecule has 0 aromatic carbocycles. The minimum atomic E-state index is -1.23. The van der Waals surface area contributed by atoms with E-state index in [2.05, 4.69) is 0 Å². The summed E-state index contributed by atoms with van der Waals surface area (Å²) < 4.78 is 4.72. The van der Waals surface area contributed by atoms with E-state index in [1.165, 1.54) is 0 Å². The third-order valence-electron chi connectivity index (χ3n) is 1.75. The summed E-state index contributed by atoms with van der Waals surface area (Å²) in [7, 11) is 0. The van der Waals surface area contributed by atoms with Crippen LogP contribution in [0.2, 0.25) is 0 Å². The molecule has 0 amide bonds. The van der Waals surface area contributed by atoms with Gasteiger partial charge in [-0.2, -0.15) is 0 Å². The van der Waals surface area contributed by atoms with Crippen LogP contribution in [0, 0.1) is 5.92 Å². The van der Waals surface area contributed by atoms with Crippen LogP contribution in [-0.2, 0) is 4.74 Å². The Morgan fingerprint density at radius 1 is 1.20 bits per heavy atom. The minimum Gasteiger partial charge on any atom is -0.390 e. The highest BCUT2D eigenvalue weighted by Gasteiger charge is 2.34. The van der Waals surface area contributed by atoms with E-state index >= 15 is 0 Å². The number of hydrogen-bond donors (Lipinski definition) is 3. The summed E-state index contributed by atoms with van der Waals surface area (Å²) >= 11 is 0. The van der Waals surface area contributed by atoms with Gasteiger partial charge in [0.05, 0.1) is 12.7 Å². The SMILES string of the molecule is C[C@@H]1CO[C@@H](O)C(O)[C@@H]1O. The van der Waals surface area contributed by atoms with Gasteiger partial charge in [0.25, 0.3) is 0 Å². The Kier molecular flexibility index (Phi) is 2.25. The Hall–Kier alpha value is -0.160. The second-order valence-electron chi connectivity index (χ2n) is 2.68. The molecule has 3 N–H and O–H groups in total. The van der Waals surface area contributed by atoms with Crippen molar-refractivity contribution in [3.8, 4) is 0 Å². The lowest BCUT2D eigenvalue weighted by atomic mass is 9.98. The fourth-order valence-electron chi connectivity index (χ4n) is 0.953. The van der Waals surface area contributed by atoms with Crippen molar-refractivity contribution in [1.29, 1.82) is 0 Å². The summed E-state index contributed by atoms with van der Waals surface area (Å²) in [4.78, 5) is 0. The lowest BCUT2D eigenvalue weighted by Crippen LogP contribution is -2.48. The van der Waals surface area contributed by atoms with Gasteiger partial charge in [-0.15, -0.1) is 0 Å². The van der Waals surface area contributed by atoms with Crippen LogP contribution in [0.3, 0.4) is 0 Å². The number of hydrogen-bond acceptors (Lipinski definition) is 4. The van der Waals surface area contributed by atoms with Gasteiger partial charge in [-0.05, 0) is 0 Å². The molecule has 1 fully saturated rings. The van der Waals surface area contributed by atoms with Crippen LogP contribution in [0.4, 0.5) is 0 Å². The fraction of sp³-hybridized carbons (Fsp3) is 1.00. The molecule has 0 aliphatic carbocycles. The average Bonchev–Trinajstić information content (AvgIpc) is 1.93. The monoisotopic (exact) mass is 148 g/mol. The van der Waals surface area contributed by atoms with E-state index in [4.69, 9.17) is 20.1 Å². The molecule has 0 spiro atoms. The van der Waals surface area contributed by atoms with Crippen molar-refractivity contribution in [2.24, 2.45) is 5.92 Å². The molecule has 4 atom stereocenters. The van der Waals surface area contributed by atoms with Gasteiger partial charge in [0.1, 0.15) is 6.10 Å².